The lowest BCUT2D eigenvalue weighted by molar-refractivity contribution is -0.150. The average molecular weight is 308 g/mol. The zero-order valence-electron chi connectivity index (χ0n) is 12.9. The van der Waals surface area contributed by atoms with Crippen LogP contribution in [0.4, 0.5) is 0 Å². The summed E-state index contributed by atoms with van der Waals surface area (Å²) in [5, 5.41) is 9.38. The van der Waals surface area contributed by atoms with E-state index in [0.29, 0.717) is 4.99 Å². The largest absolute Gasteiger partial charge is 0.394 e. The van der Waals surface area contributed by atoms with Gasteiger partial charge < -0.3 is 15.6 Å². The summed E-state index contributed by atoms with van der Waals surface area (Å²) < 4.78 is 5.85. The normalized spacial score (nSPS) is 22.2. The maximum absolute atomic E-state index is 9.38. The van der Waals surface area contributed by atoms with Crippen LogP contribution in [-0.2, 0) is 11.3 Å². The zero-order chi connectivity index (χ0) is 15.6. The summed E-state index contributed by atoms with van der Waals surface area (Å²) >= 11 is 5.01. The van der Waals surface area contributed by atoms with Crippen molar-refractivity contribution in [2.45, 2.75) is 39.0 Å². The molecule has 2 rings (SSSR count). The number of hydrogen-bond donors (Lipinski definition) is 2. The lowest BCUT2D eigenvalue weighted by atomic mass is 10.0. The van der Waals surface area contributed by atoms with Crippen molar-refractivity contribution in [1.82, 2.24) is 4.90 Å². The van der Waals surface area contributed by atoms with Crippen LogP contribution in [0.15, 0.2) is 18.2 Å². The van der Waals surface area contributed by atoms with Crippen LogP contribution in [0.5, 0.6) is 0 Å². The number of aliphatic hydroxyl groups is 1. The first-order valence-electron chi connectivity index (χ1n) is 7.21. The third kappa shape index (κ3) is 4.23. The topological polar surface area (TPSA) is 58.7 Å². The molecule has 0 amide bonds. The Hall–Kier alpha value is -1.01. The first-order chi connectivity index (χ1) is 9.80. The Morgan fingerprint density at radius 2 is 2.24 bits per heavy atom. The number of nitrogens with zero attached hydrogens (tertiary/aromatic N) is 1. The Bertz CT molecular complexity index is 531. The van der Waals surface area contributed by atoms with Crippen molar-refractivity contribution < 1.29 is 9.84 Å². The Balaban J connectivity index is 2.12. The molecule has 1 saturated heterocycles. The molecule has 1 aromatic carbocycles. The molecule has 0 radical (unpaired) electrons. The molecule has 4 nitrogen and oxygen atoms in total. The van der Waals surface area contributed by atoms with E-state index < -0.39 is 0 Å². The third-order valence-electron chi connectivity index (χ3n) is 3.78. The van der Waals surface area contributed by atoms with E-state index in [1.807, 2.05) is 12.1 Å². The minimum absolute atomic E-state index is 0.0549. The van der Waals surface area contributed by atoms with Crippen LogP contribution in [0.3, 0.4) is 0 Å². The fraction of sp³-hybridized carbons (Fsp3) is 0.562. The number of thiocarbonyl (C=S) groups is 1. The summed E-state index contributed by atoms with van der Waals surface area (Å²) in [6, 6.07) is 6.09. The van der Waals surface area contributed by atoms with Gasteiger partial charge in [-0.05, 0) is 38.0 Å². The van der Waals surface area contributed by atoms with Gasteiger partial charge in [-0.3, -0.25) is 4.90 Å². The fourth-order valence-corrected chi connectivity index (χ4v) is 3.03. The molecule has 0 bridgehead atoms. The average Bonchev–Trinajstić information content (AvgIpc) is 2.39. The van der Waals surface area contributed by atoms with Crippen LogP contribution in [0.2, 0.25) is 0 Å². The zero-order valence-corrected chi connectivity index (χ0v) is 13.7. The summed E-state index contributed by atoms with van der Waals surface area (Å²) in [6.45, 7) is 8.68. The third-order valence-corrected chi connectivity index (χ3v) is 4.01. The van der Waals surface area contributed by atoms with Crippen molar-refractivity contribution in [2.24, 2.45) is 5.73 Å². The monoisotopic (exact) mass is 308 g/mol. The summed E-state index contributed by atoms with van der Waals surface area (Å²) in [5.74, 6) is 0. The van der Waals surface area contributed by atoms with Gasteiger partial charge in [0, 0.05) is 25.2 Å². The van der Waals surface area contributed by atoms with Gasteiger partial charge >= 0.3 is 0 Å². The molecule has 0 aliphatic carbocycles. The molecule has 1 atom stereocenters. The van der Waals surface area contributed by atoms with E-state index in [9.17, 15) is 5.11 Å². The molecule has 0 spiro atoms. The lowest BCUT2D eigenvalue weighted by Gasteiger charge is -2.42. The van der Waals surface area contributed by atoms with E-state index in [2.05, 4.69) is 31.7 Å². The Kier molecular flexibility index (Phi) is 4.99. The quantitative estimate of drug-likeness (QED) is 0.828. The number of aryl methyl sites for hydroxylation is 1. The van der Waals surface area contributed by atoms with Crippen molar-refractivity contribution >= 4 is 17.2 Å². The van der Waals surface area contributed by atoms with Crippen LogP contribution in [-0.4, -0.2) is 46.4 Å². The van der Waals surface area contributed by atoms with E-state index >= 15 is 0 Å². The molecule has 1 aliphatic rings. The van der Waals surface area contributed by atoms with Gasteiger partial charge in [0.05, 0.1) is 18.3 Å². The highest BCUT2D eigenvalue weighted by molar-refractivity contribution is 7.80. The van der Waals surface area contributed by atoms with Crippen LogP contribution >= 0.6 is 12.2 Å². The molecule has 1 heterocycles. The fourth-order valence-electron chi connectivity index (χ4n) is 2.90. The van der Waals surface area contributed by atoms with E-state index in [1.54, 1.807) is 0 Å². The van der Waals surface area contributed by atoms with Gasteiger partial charge in [0.15, 0.2) is 0 Å². The van der Waals surface area contributed by atoms with Crippen molar-refractivity contribution in [3.63, 3.8) is 0 Å². The number of nitrogens with two attached hydrogens (primary N) is 1. The minimum Gasteiger partial charge on any atom is -0.394 e. The molecule has 0 saturated carbocycles. The van der Waals surface area contributed by atoms with Crippen LogP contribution in [0, 0.1) is 6.92 Å². The smallest absolute Gasteiger partial charge is 0.103 e. The van der Waals surface area contributed by atoms with Crippen LogP contribution in [0.1, 0.15) is 30.5 Å². The number of benzene rings is 1. The van der Waals surface area contributed by atoms with Crippen molar-refractivity contribution in [3.05, 3.63) is 34.9 Å². The predicted molar refractivity (Wildman–Crippen MR) is 88.4 cm³/mol. The molecule has 5 heteroatoms. The Morgan fingerprint density at radius 1 is 1.52 bits per heavy atom. The SMILES string of the molecule is Cc1cc(C(N)=S)ccc1CN1CC(CO)OC(C)(C)C1. The van der Waals surface area contributed by atoms with E-state index in [0.717, 1.165) is 25.2 Å². The first kappa shape index (κ1) is 16.4. The van der Waals surface area contributed by atoms with Crippen molar-refractivity contribution in [3.8, 4) is 0 Å². The van der Waals surface area contributed by atoms with Gasteiger partial charge in [-0.2, -0.15) is 0 Å². The van der Waals surface area contributed by atoms with E-state index in [-0.39, 0.29) is 18.3 Å². The van der Waals surface area contributed by atoms with Crippen LogP contribution < -0.4 is 5.73 Å². The lowest BCUT2D eigenvalue weighted by Crippen LogP contribution is -2.53. The molecule has 21 heavy (non-hydrogen) atoms. The molecule has 1 fully saturated rings. The number of morpholine rings is 1. The van der Waals surface area contributed by atoms with Gasteiger partial charge in [0.25, 0.3) is 0 Å². The number of hydrogen-bond acceptors (Lipinski definition) is 4. The summed E-state index contributed by atoms with van der Waals surface area (Å²) in [4.78, 5) is 2.75. The molecule has 1 aliphatic heterocycles. The molecule has 116 valence electrons. The van der Waals surface area contributed by atoms with E-state index in [1.165, 1.54) is 11.1 Å². The van der Waals surface area contributed by atoms with E-state index in [4.69, 9.17) is 22.7 Å². The second kappa shape index (κ2) is 6.40. The highest BCUT2D eigenvalue weighted by Gasteiger charge is 2.33. The highest BCUT2D eigenvalue weighted by Crippen LogP contribution is 2.23. The van der Waals surface area contributed by atoms with Gasteiger partial charge in [-0.1, -0.05) is 24.4 Å². The van der Waals surface area contributed by atoms with Crippen molar-refractivity contribution in [2.75, 3.05) is 19.7 Å². The number of rotatable bonds is 4. The number of aliphatic hydroxyl groups excluding tert-OH is 1. The molecule has 1 aromatic rings. The van der Waals surface area contributed by atoms with Gasteiger partial charge in [0.1, 0.15) is 4.99 Å². The Morgan fingerprint density at radius 3 is 2.81 bits per heavy atom. The van der Waals surface area contributed by atoms with Gasteiger partial charge in [0.2, 0.25) is 0 Å². The van der Waals surface area contributed by atoms with Gasteiger partial charge in [-0.25, -0.2) is 0 Å². The molecule has 0 aromatic heterocycles. The minimum atomic E-state index is -0.238. The van der Waals surface area contributed by atoms with Crippen molar-refractivity contribution in [1.29, 1.82) is 0 Å². The molecular formula is C16H24N2O2S. The van der Waals surface area contributed by atoms with Gasteiger partial charge in [-0.15, -0.1) is 0 Å². The summed E-state index contributed by atoms with van der Waals surface area (Å²) in [6.07, 6.45) is -0.120. The summed E-state index contributed by atoms with van der Waals surface area (Å²) in [7, 11) is 0. The standard InChI is InChI=1S/C16H24N2O2S/c1-11-6-12(15(17)21)4-5-13(11)7-18-8-14(9-19)20-16(2,3)10-18/h4-6,14,19H,7-10H2,1-3H3,(H2,17,21). The molecule has 1 unspecified atom stereocenters. The maximum atomic E-state index is 9.38. The first-order valence-corrected chi connectivity index (χ1v) is 7.62. The Labute approximate surface area is 131 Å². The highest BCUT2D eigenvalue weighted by atomic mass is 32.1. The molecular weight excluding hydrogens is 284 g/mol. The summed E-state index contributed by atoms with van der Waals surface area (Å²) in [5.41, 5.74) is 8.77. The second-order valence-corrected chi connectivity index (χ2v) is 6.80. The second-order valence-electron chi connectivity index (χ2n) is 6.36. The maximum Gasteiger partial charge on any atom is 0.103 e. The molecule has 3 N–H and O–H groups in total. The number of ether oxygens (including phenoxy) is 1. The van der Waals surface area contributed by atoms with Crippen LogP contribution in [0.25, 0.3) is 0 Å². The predicted octanol–water partition coefficient (Wildman–Crippen LogP) is 1.60.